The summed E-state index contributed by atoms with van der Waals surface area (Å²) in [7, 11) is 0. The zero-order chi connectivity index (χ0) is 24.1. The predicted molar refractivity (Wildman–Crippen MR) is 134 cm³/mol. The molecule has 2 aliphatic heterocycles. The first kappa shape index (κ1) is 24.1. The number of ether oxygens (including phenoxy) is 1. The zero-order valence-corrected chi connectivity index (χ0v) is 20.1. The van der Waals surface area contributed by atoms with Gasteiger partial charge in [0.25, 0.3) is 0 Å². The summed E-state index contributed by atoms with van der Waals surface area (Å²) in [6, 6.07) is 14.6. The third kappa shape index (κ3) is 5.53. The molecule has 2 aromatic rings. The van der Waals surface area contributed by atoms with E-state index >= 15 is 0 Å². The van der Waals surface area contributed by atoms with E-state index in [0.29, 0.717) is 15.6 Å². The van der Waals surface area contributed by atoms with Crippen LogP contribution in [0.25, 0.3) is 0 Å². The van der Waals surface area contributed by atoms with Crippen LogP contribution in [0.5, 0.6) is 0 Å². The van der Waals surface area contributed by atoms with Gasteiger partial charge in [0.2, 0.25) is 11.8 Å². The number of nitrogens with zero attached hydrogens (tertiary/aromatic N) is 2. The van der Waals surface area contributed by atoms with Crippen LogP contribution in [0.15, 0.2) is 54.6 Å². The van der Waals surface area contributed by atoms with Crippen LogP contribution in [0.1, 0.15) is 46.4 Å². The highest BCUT2D eigenvalue weighted by Crippen LogP contribution is 2.32. The molecule has 0 bridgehead atoms. The Morgan fingerprint density at radius 3 is 2.29 bits per heavy atom. The fraction of sp³-hybridized carbons (Fsp3) is 0.320. The van der Waals surface area contributed by atoms with Gasteiger partial charge in [0, 0.05) is 25.1 Å². The number of piperidine rings is 1. The first-order valence-electron chi connectivity index (χ1n) is 11.1. The maximum atomic E-state index is 12.9. The monoisotopic (exact) mass is 496 g/mol. The van der Waals surface area contributed by atoms with Crippen LogP contribution in [0.2, 0.25) is 0 Å². The average molecular weight is 497 g/mol. The number of hydrogen-bond acceptors (Lipinski definition) is 7. The van der Waals surface area contributed by atoms with Crippen molar-refractivity contribution >= 4 is 57.6 Å². The van der Waals surface area contributed by atoms with Crippen molar-refractivity contribution in [2.75, 3.05) is 24.6 Å². The highest BCUT2D eigenvalue weighted by Gasteiger charge is 2.41. The van der Waals surface area contributed by atoms with E-state index in [4.69, 9.17) is 17.0 Å². The molecule has 7 nitrogen and oxygen atoms in total. The van der Waals surface area contributed by atoms with Gasteiger partial charge in [-0.05, 0) is 43.5 Å². The van der Waals surface area contributed by atoms with Gasteiger partial charge in [-0.3, -0.25) is 14.4 Å². The smallest absolute Gasteiger partial charge is 0.338 e. The molecule has 4 rings (SSSR count). The fourth-order valence-corrected chi connectivity index (χ4v) is 5.45. The number of likely N-dealkylation sites (tertiary alicyclic amines) is 1. The number of Topliss-reactive ketones (excluding diaryl/α,β-unsaturated/α-hetero) is 1. The molecule has 0 radical (unpaired) electrons. The lowest BCUT2D eigenvalue weighted by Gasteiger charge is -2.29. The van der Waals surface area contributed by atoms with Gasteiger partial charge < -0.3 is 9.64 Å². The SMILES string of the molecule is O=C(COC(=O)c1ccc(N2C(=O)C[C@H](SC(=S)N3CCCCC3)C2=O)cc1)c1ccccc1. The molecule has 1 atom stereocenters. The Kier molecular flexibility index (Phi) is 7.74. The van der Waals surface area contributed by atoms with Crippen LogP contribution >= 0.6 is 24.0 Å². The molecule has 0 spiro atoms. The maximum Gasteiger partial charge on any atom is 0.338 e. The number of anilines is 1. The molecule has 0 aromatic heterocycles. The normalized spacial score (nSPS) is 18.2. The Morgan fingerprint density at radius 1 is 0.941 bits per heavy atom. The summed E-state index contributed by atoms with van der Waals surface area (Å²) in [6.45, 7) is 1.40. The van der Waals surface area contributed by atoms with Gasteiger partial charge in [-0.15, -0.1) is 0 Å². The van der Waals surface area contributed by atoms with E-state index in [1.54, 1.807) is 30.3 Å². The summed E-state index contributed by atoms with van der Waals surface area (Å²) in [6.07, 6.45) is 3.44. The number of esters is 1. The largest absolute Gasteiger partial charge is 0.454 e. The molecular formula is C25H24N2O5S2. The van der Waals surface area contributed by atoms with Gasteiger partial charge in [0.15, 0.2) is 12.4 Å². The zero-order valence-electron chi connectivity index (χ0n) is 18.5. The number of carbonyl (C=O) groups excluding carboxylic acids is 4. The fourth-order valence-electron chi connectivity index (χ4n) is 3.91. The van der Waals surface area contributed by atoms with E-state index in [9.17, 15) is 19.2 Å². The summed E-state index contributed by atoms with van der Waals surface area (Å²) in [5.74, 6) is -1.56. The van der Waals surface area contributed by atoms with E-state index < -0.39 is 11.2 Å². The number of amides is 2. The number of thioether (sulfide) groups is 1. The van der Waals surface area contributed by atoms with Gasteiger partial charge in [-0.2, -0.15) is 0 Å². The highest BCUT2D eigenvalue weighted by molar-refractivity contribution is 8.23. The molecule has 0 saturated carbocycles. The lowest BCUT2D eigenvalue weighted by Crippen LogP contribution is -2.35. The van der Waals surface area contributed by atoms with Gasteiger partial charge >= 0.3 is 5.97 Å². The number of carbonyl (C=O) groups is 4. The molecule has 2 heterocycles. The third-order valence-corrected chi connectivity index (χ3v) is 7.41. The quantitative estimate of drug-likeness (QED) is 0.258. The van der Waals surface area contributed by atoms with Crippen LogP contribution in [0, 0.1) is 0 Å². The summed E-state index contributed by atoms with van der Waals surface area (Å²) >= 11 is 6.79. The van der Waals surface area contributed by atoms with Crippen molar-refractivity contribution in [1.82, 2.24) is 4.90 Å². The Hall–Kier alpha value is -3.04. The maximum absolute atomic E-state index is 12.9. The standard InChI is InChI=1S/C25H24N2O5S2/c28-20(17-7-3-1-4-8-17)16-32-24(31)18-9-11-19(12-10-18)27-22(29)15-21(23(27)30)34-25(33)26-13-5-2-6-14-26/h1,3-4,7-12,21H,2,5-6,13-16H2/t21-/m0/s1. The van der Waals surface area contributed by atoms with E-state index in [-0.39, 0.29) is 36.2 Å². The molecule has 2 fully saturated rings. The summed E-state index contributed by atoms with van der Waals surface area (Å²) in [5.41, 5.74) is 1.07. The first-order chi connectivity index (χ1) is 16.4. The summed E-state index contributed by atoms with van der Waals surface area (Å²) < 4.78 is 5.77. The van der Waals surface area contributed by atoms with Crippen molar-refractivity contribution in [1.29, 1.82) is 0 Å². The molecule has 2 saturated heterocycles. The Bertz CT molecular complexity index is 1100. The second kappa shape index (κ2) is 10.9. The second-order valence-electron chi connectivity index (χ2n) is 8.10. The van der Waals surface area contributed by atoms with Crippen LogP contribution in [-0.2, 0) is 14.3 Å². The third-order valence-electron chi connectivity index (χ3n) is 5.75. The summed E-state index contributed by atoms with van der Waals surface area (Å²) in [5, 5.41) is -0.546. The van der Waals surface area contributed by atoms with Crippen molar-refractivity contribution in [3.63, 3.8) is 0 Å². The molecular weight excluding hydrogens is 472 g/mol. The number of rotatable bonds is 6. The molecule has 0 unspecified atom stereocenters. The Labute approximate surface area is 207 Å². The Balaban J connectivity index is 1.34. The lowest BCUT2D eigenvalue weighted by molar-refractivity contribution is -0.121. The number of ketones is 1. The molecule has 176 valence electrons. The van der Waals surface area contributed by atoms with Crippen molar-refractivity contribution < 1.29 is 23.9 Å². The minimum Gasteiger partial charge on any atom is -0.454 e. The number of imide groups is 1. The highest BCUT2D eigenvalue weighted by atomic mass is 32.2. The average Bonchev–Trinajstić information content (AvgIpc) is 3.15. The molecule has 2 aromatic carbocycles. The van der Waals surface area contributed by atoms with Crippen molar-refractivity contribution in [3.05, 3.63) is 65.7 Å². The number of hydrogen-bond donors (Lipinski definition) is 0. The second-order valence-corrected chi connectivity index (χ2v) is 9.94. The van der Waals surface area contributed by atoms with Crippen molar-refractivity contribution in [2.24, 2.45) is 0 Å². The lowest BCUT2D eigenvalue weighted by atomic mass is 10.1. The van der Waals surface area contributed by atoms with E-state index in [1.165, 1.54) is 42.4 Å². The summed E-state index contributed by atoms with van der Waals surface area (Å²) in [4.78, 5) is 53.2. The van der Waals surface area contributed by atoms with E-state index in [0.717, 1.165) is 30.8 Å². The minimum atomic E-state index is -0.657. The predicted octanol–water partition coefficient (Wildman–Crippen LogP) is 3.86. The van der Waals surface area contributed by atoms with Crippen LogP contribution in [0.3, 0.4) is 0 Å². The number of thiocarbonyl (C=S) groups is 1. The van der Waals surface area contributed by atoms with E-state index in [1.807, 2.05) is 0 Å². The van der Waals surface area contributed by atoms with Crippen molar-refractivity contribution in [2.45, 2.75) is 30.9 Å². The van der Waals surface area contributed by atoms with Crippen LogP contribution in [-0.4, -0.2) is 57.7 Å². The van der Waals surface area contributed by atoms with Crippen LogP contribution < -0.4 is 4.90 Å². The minimum absolute atomic E-state index is 0.0862. The Morgan fingerprint density at radius 2 is 1.62 bits per heavy atom. The van der Waals surface area contributed by atoms with Gasteiger partial charge in [-0.1, -0.05) is 54.3 Å². The van der Waals surface area contributed by atoms with Gasteiger partial charge in [0.05, 0.1) is 11.3 Å². The molecule has 0 aliphatic carbocycles. The topological polar surface area (TPSA) is 84.0 Å². The number of benzene rings is 2. The molecule has 9 heteroatoms. The van der Waals surface area contributed by atoms with Gasteiger partial charge in [-0.25, -0.2) is 9.69 Å². The van der Waals surface area contributed by atoms with Gasteiger partial charge in [0.1, 0.15) is 9.57 Å². The van der Waals surface area contributed by atoms with Crippen molar-refractivity contribution in [3.8, 4) is 0 Å². The van der Waals surface area contributed by atoms with Crippen LogP contribution in [0.4, 0.5) is 5.69 Å². The first-order valence-corrected chi connectivity index (χ1v) is 12.4. The molecule has 2 amide bonds. The molecule has 34 heavy (non-hydrogen) atoms. The molecule has 2 aliphatic rings. The molecule has 0 N–H and O–H groups in total. The van der Waals surface area contributed by atoms with E-state index in [2.05, 4.69) is 4.90 Å².